The van der Waals surface area contributed by atoms with Crippen molar-refractivity contribution in [2.45, 2.75) is 5.92 Å². The number of nitrogens with one attached hydrogen (secondary N) is 2. The van der Waals surface area contributed by atoms with Gasteiger partial charge in [0, 0.05) is 18.0 Å². The van der Waals surface area contributed by atoms with Gasteiger partial charge in [0.2, 0.25) is 0 Å². The number of hydrogen-bond donors (Lipinski definition) is 3. The number of carboxylic acid groups (broad SMARTS) is 1. The number of carbonyl (C=O) groups excluding carboxylic acids is 1. The van der Waals surface area contributed by atoms with Crippen LogP contribution in [0.4, 0.5) is 4.79 Å². The number of carboxylic acids is 1. The maximum Gasteiger partial charge on any atom is 0.407 e. The molecule has 7 heteroatoms. The number of benzene rings is 3. The van der Waals surface area contributed by atoms with Gasteiger partial charge >= 0.3 is 12.1 Å². The number of H-pyrrole nitrogens is 1. The monoisotopic (exact) mass is 465 g/mol. The van der Waals surface area contributed by atoms with Crippen molar-refractivity contribution in [3.63, 3.8) is 0 Å². The van der Waals surface area contributed by atoms with E-state index in [1.165, 1.54) is 28.3 Å². The van der Waals surface area contributed by atoms with Crippen LogP contribution in [0.3, 0.4) is 0 Å². The quantitative estimate of drug-likeness (QED) is 0.342. The van der Waals surface area contributed by atoms with Crippen molar-refractivity contribution in [1.29, 1.82) is 0 Å². The topological polar surface area (TPSA) is 104 Å². The van der Waals surface area contributed by atoms with Crippen molar-refractivity contribution in [3.8, 4) is 22.4 Å². The molecule has 3 aromatic carbocycles. The molecule has 5 rings (SSSR count). The molecule has 1 amide bonds. The molecule has 174 valence electrons. The minimum Gasteiger partial charge on any atom is -0.477 e. The standard InChI is InChI=1S/C28H23N3O4/c32-27(33)26-16-25(30-31-26)19-13-11-18(12-14-19)6-5-15-29-28(34)35-17-24-22-9-3-1-7-20(22)21-8-2-4-10-23(21)24/h1-14,16,24H,15,17H2,(H,29,34)(H,30,31)(H,32,33). The van der Waals surface area contributed by atoms with Gasteiger partial charge in [-0.25, -0.2) is 9.59 Å². The van der Waals surface area contributed by atoms with Crippen LogP contribution in [0.2, 0.25) is 0 Å². The van der Waals surface area contributed by atoms with Crippen LogP contribution in [-0.4, -0.2) is 40.5 Å². The average molecular weight is 466 g/mol. The lowest BCUT2D eigenvalue weighted by Crippen LogP contribution is -2.26. The van der Waals surface area contributed by atoms with Crippen LogP contribution in [0.1, 0.15) is 33.1 Å². The van der Waals surface area contributed by atoms with Gasteiger partial charge in [0.15, 0.2) is 0 Å². The Morgan fingerprint density at radius 3 is 2.26 bits per heavy atom. The van der Waals surface area contributed by atoms with Gasteiger partial charge in [-0.05, 0) is 33.9 Å². The van der Waals surface area contributed by atoms with Crippen molar-refractivity contribution >= 4 is 18.1 Å². The van der Waals surface area contributed by atoms with E-state index in [1.807, 2.05) is 60.7 Å². The predicted molar refractivity (Wildman–Crippen MR) is 133 cm³/mol. The van der Waals surface area contributed by atoms with Crippen LogP contribution in [-0.2, 0) is 4.74 Å². The highest BCUT2D eigenvalue weighted by Gasteiger charge is 2.28. The lowest BCUT2D eigenvalue weighted by Gasteiger charge is -2.14. The summed E-state index contributed by atoms with van der Waals surface area (Å²) in [5.74, 6) is -1.02. The number of aromatic amines is 1. The fraction of sp³-hybridized carbons (Fsp3) is 0.107. The predicted octanol–water partition coefficient (Wildman–Crippen LogP) is 5.33. The maximum absolute atomic E-state index is 12.3. The maximum atomic E-state index is 12.3. The second-order valence-electron chi connectivity index (χ2n) is 8.20. The second-order valence-corrected chi connectivity index (χ2v) is 8.20. The highest BCUT2D eigenvalue weighted by atomic mass is 16.5. The molecule has 0 saturated carbocycles. The molecule has 1 aliphatic carbocycles. The molecule has 0 fully saturated rings. The minimum absolute atomic E-state index is 0.0308. The average Bonchev–Trinajstić information content (AvgIpc) is 3.50. The Kier molecular flexibility index (Phi) is 6.13. The van der Waals surface area contributed by atoms with Crippen LogP contribution >= 0.6 is 0 Å². The van der Waals surface area contributed by atoms with Crippen LogP contribution in [0.15, 0.2) is 84.9 Å². The normalized spacial score (nSPS) is 12.3. The number of ether oxygens (including phenoxy) is 1. The van der Waals surface area contributed by atoms with Gasteiger partial charge < -0.3 is 15.2 Å². The molecule has 0 atom stereocenters. The highest BCUT2D eigenvalue weighted by molar-refractivity contribution is 5.86. The molecule has 1 heterocycles. The van der Waals surface area contributed by atoms with Gasteiger partial charge in [-0.3, -0.25) is 5.10 Å². The van der Waals surface area contributed by atoms with E-state index in [4.69, 9.17) is 9.84 Å². The molecule has 1 aromatic heterocycles. The summed E-state index contributed by atoms with van der Waals surface area (Å²) in [6, 6.07) is 25.5. The first kappa shape index (κ1) is 22.2. The Labute approximate surface area is 202 Å². The number of aromatic nitrogens is 2. The number of fused-ring (bicyclic) bond motifs is 3. The Morgan fingerprint density at radius 2 is 1.63 bits per heavy atom. The van der Waals surface area contributed by atoms with Crippen LogP contribution < -0.4 is 5.32 Å². The summed E-state index contributed by atoms with van der Waals surface area (Å²) in [5, 5.41) is 18.3. The van der Waals surface area contributed by atoms with Crippen molar-refractivity contribution in [1.82, 2.24) is 15.5 Å². The number of nitrogens with zero attached hydrogens (tertiary/aromatic N) is 1. The molecule has 3 N–H and O–H groups in total. The molecule has 1 aliphatic rings. The smallest absolute Gasteiger partial charge is 0.407 e. The third-order valence-electron chi connectivity index (χ3n) is 6.03. The molecule has 0 saturated heterocycles. The fourth-order valence-corrected chi connectivity index (χ4v) is 4.33. The summed E-state index contributed by atoms with van der Waals surface area (Å²) < 4.78 is 5.54. The lowest BCUT2D eigenvalue weighted by atomic mass is 9.98. The van der Waals surface area contributed by atoms with Gasteiger partial charge in [-0.15, -0.1) is 0 Å². The Morgan fingerprint density at radius 1 is 0.971 bits per heavy atom. The Balaban J connectivity index is 1.13. The van der Waals surface area contributed by atoms with Crippen LogP contribution in [0.5, 0.6) is 0 Å². The molecule has 0 spiro atoms. The van der Waals surface area contributed by atoms with E-state index in [2.05, 4.69) is 39.8 Å². The highest BCUT2D eigenvalue weighted by Crippen LogP contribution is 2.44. The summed E-state index contributed by atoms with van der Waals surface area (Å²) >= 11 is 0. The minimum atomic E-state index is -1.05. The number of alkyl carbamates (subject to hydrolysis) is 1. The van der Waals surface area contributed by atoms with Crippen LogP contribution in [0.25, 0.3) is 28.5 Å². The third kappa shape index (κ3) is 4.70. The zero-order valence-corrected chi connectivity index (χ0v) is 18.8. The second kappa shape index (κ2) is 9.69. The van der Waals surface area contributed by atoms with E-state index in [0.717, 1.165) is 11.1 Å². The summed E-state index contributed by atoms with van der Waals surface area (Å²) in [5.41, 5.74) is 7.11. The van der Waals surface area contributed by atoms with Crippen molar-refractivity contribution < 1.29 is 19.4 Å². The fourth-order valence-electron chi connectivity index (χ4n) is 4.33. The van der Waals surface area contributed by atoms with Gasteiger partial charge in [0.05, 0.1) is 5.69 Å². The van der Waals surface area contributed by atoms with Gasteiger partial charge in [-0.1, -0.05) is 84.9 Å². The van der Waals surface area contributed by atoms with Gasteiger partial charge in [0.1, 0.15) is 12.3 Å². The number of aromatic carboxylic acids is 1. The lowest BCUT2D eigenvalue weighted by molar-refractivity contribution is 0.0690. The number of rotatable bonds is 7. The number of carbonyl (C=O) groups is 2. The summed E-state index contributed by atoms with van der Waals surface area (Å²) in [4.78, 5) is 23.2. The van der Waals surface area contributed by atoms with Crippen molar-refractivity contribution in [3.05, 3.63) is 107 Å². The molecule has 0 unspecified atom stereocenters. The van der Waals surface area contributed by atoms with Gasteiger partial charge in [0.25, 0.3) is 0 Å². The Hall–Kier alpha value is -4.65. The number of amides is 1. The third-order valence-corrected chi connectivity index (χ3v) is 6.03. The van der Waals surface area contributed by atoms with E-state index in [9.17, 15) is 9.59 Å². The first-order valence-electron chi connectivity index (χ1n) is 11.2. The molecule has 7 nitrogen and oxygen atoms in total. The molecule has 4 aromatic rings. The molecular formula is C28H23N3O4. The molecule has 0 aliphatic heterocycles. The number of hydrogen-bond acceptors (Lipinski definition) is 4. The first-order chi connectivity index (χ1) is 17.1. The van der Waals surface area contributed by atoms with Crippen molar-refractivity contribution in [2.75, 3.05) is 13.2 Å². The molecule has 0 radical (unpaired) electrons. The SMILES string of the molecule is O=C(NCC=Cc1ccc(-c2cc(C(=O)O)[nH]n2)cc1)OCC1c2ccccc2-c2ccccc21. The zero-order chi connectivity index (χ0) is 24.2. The van der Waals surface area contributed by atoms with E-state index in [0.29, 0.717) is 12.2 Å². The molecule has 35 heavy (non-hydrogen) atoms. The summed E-state index contributed by atoms with van der Waals surface area (Å²) in [6.07, 6.45) is 3.27. The Bertz CT molecular complexity index is 1360. The molecular weight excluding hydrogens is 442 g/mol. The largest absolute Gasteiger partial charge is 0.477 e. The summed E-state index contributed by atoms with van der Waals surface area (Å²) in [6.45, 7) is 0.613. The van der Waals surface area contributed by atoms with Crippen molar-refractivity contribution in [2.24, 2.45) is 0 Å². The van der Waals surface area contributed by atoms with E-state index in [-0.39, 0.29) is 18.2 Å². The zero-order valence-electron chi connectivity index (χ0n) is 18.8. The van der Waals surface area contributed by atoms with E-state index < -0.39 is 12.1 Å². The van der Waals surface area contributed by atoms with E-state index >= 15 is 0 Å². The van der Waals surface area contributed by atoms with Gasteiger partial charge in [-0.2, -0.15) is 5.10 Å². The van der Waals surface area contributed by atoms with E-state index in [1.54, 1.807) is 0 Å². The summed E-state index contributed by atoms with van der Waals surface area (Å²) in [7, 11) is 0. The first-order valence-corrected chi connectivity index (χ1v) is 11.2. The molecule has 0 bridgehead atoms. The van der Waals surface area contributed by atoms with Crippen LogP contribution in [0, 0.1) is 0 Å².